The zero-order valence-electron chi connectivity index (χ0n) is 17.8. The Morgan fingerprint density at radius 1 is 1.29 bits per heavy atom. The molecule has 1 aliphatic rings. The summed E-state index contributed by atoms with van der Waals surface area (Å²) < 4.78 is 30.0. The van der Waals surface area contributed by atoms with Gasteiger partial charge in [0, 0.05) is 19.2 Å². The van der Waals surface area contributed by atoms with E-state index in [1.807, 2.05) is 35.2 Å². The van der Waals surface area contributed by atoms with Gasteiger partial charge in [0.05, 0.1) is 43.3 Å². The highest BCUT2D eigenvalue weighted by Gasteiger charge is 2.31. The molecule has 1 N–H and O–H groups in total. The first-order chi connectivity index (χ1) is 14.8. The van der Waals surface area contributed by atoms with Gasteiger partial charge in [-0.25, -0.2) is 13.1 Å². The molecule has 1 saturated heterocycles. The number of nitrogens with zero attached hydrogens (tertiary/aromatic N) is 3. The van der Waals surface area contributed by atoms with Crippen LogP contribution in [-0.2, 0) is 30.7 Å². The van der Waals surface area contributed by atoms with Crippen molar-refractivity contribution < 1.29 is 22.7 Å². The molecule has 1 atom stereocenters. The maximum atomic E-state index is 12.8. The molecule has 0 radical (unpaired) electrons. The zero-order chi connectivity index (χ0) is 22.4. The smallest absolute Gasteiger partial charge is 0.306 e. The van der Waals surface area contributed by atoms with Crippen molar-refractivity contribution in [1.29, 1.82) is 0 Å². The fraction of sp³-hybridized carbons (Fsp3) is 0.476. The molecule has 0 saturated carbocycles. The van der Waals surface area contributed by atoms with E-state index in [9.17, 15) is 18.0 Å². The van der Waals surface area contributed by atoms with Crippen LogP contribution in [0.25, 0.3) is 0 Å². The second kappa shape index (κ2) is 10.1. The number of esters is 1. The number of benzene rings is 1. The van der Waals surface area contributed by atoms with E-state index in [2.05, 4.69) is 10.4 Å². The lowest BCUT2D eigenvalue weighted by atomic mass is 10.2. The van der Waals surface area contributed by atoms with Gasteiger partial charge >= 0.3 is 5.97 Å². The molecule has 1 aromatic carbocycles. The lowest BCUT2D eigenvalue weighted by Crippen LogP contribution is -2.35. The van der Waals surface area contributed by atoms with Crippen LogP contribution in [0.3, 0.4) is 0 Å². The number of nitrogens with one attached hydrogen (secondary N) is 1. The molecule has 1 aromatic heterocycles. The van der Waals surface area contributed by atoms with Crippen LogP contribution in [0.15, 0.2) is 36.4 Å². The van der Waals surface area contributed by atoms with E-state index < -0.39 is 9.84 Å². The second-order valence-corrected chi connectivity index (χ2v) is 9.97. The fourth-order valence-corrected chi connectivity index (χ4v) is 5.34. The molecule has 2 heterocycles. The summed E-state index contributed by atoms with van der Waals surface area (Å²) in [5, 5.41) is 7.25. The Morgan fingerprint density at radius 2 is 2.03 bits per heavy atom. The van der Waals surface area contributed by atoms with Gasteiger partial charge in [-0.3, -0.25) is 14.5 Å². The van der Waals surface area contributed by atoms with E-state index in [0.717, 1.165) is 5.56 Å². The first-order valence-electron chi connectivity index (χ1n) is 10.2. The molecule has 1 fully saturated rings. The maximum absolute atomic E-state index is 12.8. The Hall–Kier alpha value is -2.72. The molecule has 2 aromatic rings. The van der Waals surface area contributed by atoms with Gasteiger partial charge in [-0.05, 0) is 18.9 Å². The molecule has 1 aliphatic heterocycles. The number of rotatable bonds is 9. The molecule has 0 aliphatic carbocycles. The largest absolute Gasteiger partial charge is 0.469 e. The predicted octanol–water partition coefficient (Wildman–Crippen LogP) is 1.55. The summed E-state index contributed by atoms with van der Waals surface area (Å²) in [5.74, 6) is 0.0353. The molecule has 1 amide bonds. The van der Waals surface area contributed by atoms with Crippen LogP contribution in [0.5, 0.6) is 0 Å². The van der Waals surface area contributed by atoms with Gasteiger partial charge < -0.3 is 10.1 Å². The zero-order valence-corrected chi connectivity index (χ0v) is 18.6. The van der Waals surface area contributed by atoms with Gasteiger partial charge in [0.2, 0.25) is 5.91 Å². The van der Waals surface area contributed by atoms with E-state index in [4.69, 9.17) is 4.74 Å². The highest BCUT2D eigenvalue weighted by atomic mass is 32.2. The third kappa shape index (κ3) is 6.63. The Bertz CT molecular complexity index is 1020. The van der Waals surface area contributed by atoms with Crippen LogP contribution in [0, 0.1) is 6.92 Å². The predicted molar refractivity (Wildman–Crippen MR) is 116 cm³/mol. The van der Waals surface area contributed by atoms with Crippen molar-refractivity contribution in [2.45, 2.75) is 32.4 Å². The number of hydrogen-bond donors (Lipinski definition) is 1. The number of sulfone groups is 1. The molecule has 1 unspecified atom stereocenters. The number of amides is 1. The summed E-state index contributed by atoms with van der Waals surface area (Å²) >= 11 is 0. The highest BCUT2D eigenvalue weighted by molar-refractivity contribution is 7.91. The summed E-state index contributed by atoms with van der Waals surface area (Å²) in [5.41, 5.74) is 1.73. The maximum Gasteiger partial charge on any atom is 0.306 e. The molecule has 0 spiro atoms. The third-order valence-electron chi connectivity index (χ3n) is 5.16. The second-order valence-electron chi connectivity index (χ2n) is 7.74. The monoisotopic (exact) mass is 448 g/mol. The summed E-state index contributed by atoms with van der Waals surface area (Å²) in [6, 6.07) is 11.1. The topological polar surface area (TPSA) is 111 Å². The van der Waals surface area contributed by atoms with E-state index in [-0.39, 0.29) is 42.4 Å². The van der Waals surface area contributed by atoms with E-state index in [1.54, 1.807) is 17.7 Å². The van der Waals surface area contributed by atoms with Crippen LogP contribution in [0.4, 0.5) is 5.82 Å². The first kappa shape index (κ1) is 23.0. The average Bonchev–Trinajstić information content (AvgIpc) is 3.27. The molecule has 168 valence electrons. The summed E-state index contributed by atoms with van der Waals surface area (Å²) in [6.45, 7) is 2.74. The quantitative estimate of drug-likeness (QED) is 0.580. The Morgan fingerprint density at radius 3 is 2.68 bits per heavy atom. The van der Waals surface area contributed by atoms with Crippen LogP contribution < -0.4 is 5.32 Å². The molecule has 0 bridgehead atoms. The number of hydrogen-bond acceptors (Lipinski definition) is 7. The number of aromatic nitrogens is 2. The number of carbonyl (C=O) groups excluding carboxylic acids is 2. The van der Waals surface area contributed by atoms with Crippen molar-refractivity contribution in [1.82, 2.24) is 14.7 Å². The molecular weight excluding hydrogens is 420 g/mol. The standard InChI is InChI=1S/C21H28N4O5S/c1-16-12-19(25(23-16)18-9-11-31(28,29)15-18)22-20(26)14-24(10-8-21(27)30-2)13-17-6-4-3-5-7-17/h3-7,12,18H,8-11,13-15H2,1-2H3,(H,22,26). The molecule has 31 heavy (non-hydrogen) atoms. The number of ether oxygens (including phenoxy) is 1. The molecule has 10 heteroatoms. The van der Waals surface area contributed by atoms with Crippen LogP contribution in [0.2, 0.25) is 0 Å². The Balaban J connectivity index is 1.68. The number of aryl methyl sites for hydroxylation is 1. The lowest BCUT2D eigenvalue weighted by Gasteiger charge is -2.22. The van der Waals surface area contributed by atoms with Crippen LogP contribution in [-0.4, -0.2) is 66.7 Å². The summed E-state index contributed by atoms with van der Waals surface area (Å²) in [6.07, 6.45) is 0.652. The van der Waals surface area contributed by atoms with Gasteiger partial charge in [0.1, 0.15) is 5.82 Å². The van der Waals surface area contributed by atoms with Crippen molar-refractivity contribution in [3.8, 4) is 0 Å². The van der Waals surface area contributed by atoms with Crippen molar-refractivity contribution in [2.75, 3.05) is 37.0 Å². The number of carbonyl (C=O) groups is 2. The van der Waals surface area contributed by atoms with Crippen molar-refractivity contribution in [3.63, 3.8) is 0 Å². The summed E-state index contributed by atoms with van der Waals surface area (Å²) in [7, 11) is -1.74. The average molecular weight is 449 g/mol. The molecular formula is C21H28N4O5S. The lowest BCUT2D eigenvalue weighted by molar-refractivity contribution is -0.141. The third-order valence-corrected chi connectivity index (χ3v) is 6.91. The highest BCUT2D eigenvalue weighted by Crippen LogP contribution is 2.27. The van der Waals surface area contributed by atoms with E-state index in [0.29, 0.717) is 31.0 Å². The Kier molecular flexibility index (Phi) is 7.45. The molecule has 9 nitrogen and oxygen atoms in total. The van der Waals surface area contributed by atoms with Crippen molar-refractivity contribution >= 4 is 27.5 Å². The minimum atomic E-state index is -3.08. The number of anilines is 1. The minimum Gasteiger partial charge on any atom is -0.469 e. The van der Waals surface area contributed by atoms with Crippen LogP contribution in [0.1, 0.15) is 30.1 Å². The van der Waals surface area contributed by atoms with Gasteiger partial charge in [-0.15, -0.1) is 0 Å². The van der Waals surface area contributed by atoms with Gasteiger partial charge in [-0.1, -0.05) is 30.3 Å². The van der Waals surface area contributed by atoms with Gasteiger partial charge in [-0.2, -0.15) is 5.10 Å². The Labute approximate surface area is 182 Å². The summed E-state index contributed by atoms with van der Waals surface area (Å²) in [4.78, 5) is 26.3. The normalized spacial score (nSPS) is 17.6. The fourth-order valence-electron chi connectivity index (χ4n) is 3.65. The molecule has 3 rings (SSSR count). The number of methoxy groups -OCH3 is 1. The SMILES string of the molecule is COC(=O)CCN(CC(=O)Nc1cc(C)nn1C1CCS(=O)(=O)C1)Cc1ccccc1. The van der Waals surface area contributed by atoms with Crippen molar-refractivity contribution in [3.05, 3.63) is 47.7 Å². The van der Waals surface area contributed by atoms with Crippen LogP contribution >= 0.6 is 0 Å². The van der Waals surface area contributed by atoms with Crippen molar-refractivity contribution in [2.24, 2.45) is 0 Å². The van der Waals surface area contributed by atoms with E-state index >= 15 is 0 Å². The van der Waals surface area contributed by atoms with Gasteiger partial charge in [0.25, 0.3) is 0 Å². The first-order valence-corrected chi connectivity index (χ1v) is 12.0. The van der Waals surface area contributed by atoms with E-state index in [1.165, 1.54) is 7.11 Å². The minimum absolute atomic E-state index is 0.0241. The van der Waals surface area contributed by atoms with Gasteiger partial charge in [0.15, 0.2) is 9.84 Å².